The predicted octanol–water partition coefficient (Wildman–Crippen LogP) is 2.26. The molecule has 2 nitrogen and oxygen atoms in total. The second-order valence-electron chi connectivity index (χ2n) is 3.62. The third-order valence-electron chi connectivity index (χ3n) is 2.60. The fourth-order valence-corrected chi connectivity index (χ4v) is 2.18. The maximum Gasteiger partial charge on any atom is 0.0947 e. The Morgan fingerprint density at radius 3 is 3.00 bits per heavy atom. The molecular weight excluding hydrogens is 182 g/mol. The number of thioether (sulfide) groups is 1. The molecule has 0 amide bonds. The van der Waals surface area contributed by atoms with Crippen molar-refractivity contribution >= 4 is 11.8 Å². The van der Waals surface area contributed by atoms with E-state index in [0.717, 1.165) is 13.1 Å². The SMILES string of the molecule is CSC1(CNCc2ccoc2)CC1. The summed E-state index contributed by atoms with van der Waals surface area (Å²) in [6.07, 6.45) is 8.45. The summed E-state index contributed by atoms with van der Waals surface area (Å²) in [6.45, 7) is 2.05. The molecular formula is C10H15NOS. The van der Waals surface area contributed by atoms with Gasteiger partial charge in [0.15, 0.2) is 0 Å². The molecule has 72 valence electrons. The molecule has 0 atom stereocenters. The van der Waals surface area contributed by atoms with Crippen molar-refractivity contribution in [2.45, 2.75) is 24.1 Å². The van der Waals surface area contributed by atoms with Crippen LogP contribution in [0.2, 0.25) is 0 Å². The van der Waals surface area contributed by atoms with Crippen LogP contribution in [0.4, 0.5) is 0 Å². The van der Waals surface area contributed by atoms with Gasteiger partial charge < -0.3 is 9.73 Å². The molecule has 13 heavy (non-hydrogen) atoms. The molecule has 0 unspecified atom stereocenters. The van der Waals surface area contributed by atoms with Gasteiger partial charge in [-0.1, -0.05) is 0 Å². The number of furan rings is 1. The molecule has 0 radical (unpaired) electrons. The van der Waals surface area contributed by atoms with Crippen LogP contribution < -0.4 is 5.32 Å². The van der Waals surface area contributed by atoms with Gasteiger partial charge in [-0.25, -0.2) is 0 Å². The van der Waals surface area contributed by atoms with Gasteiger partial charge in [-0.15, -0.1) is 0 Å². The number of hydrogen-bond acceptors (Lipinski definition) is 3. The molecule has 1 aromatic heterocycles. The summed E-state index contributed by atoms with van der Waals surface area (Å²) in [5.74, 6) is 0. The molecule has 2 rings (SSSR count). The van der Waals surface area contributed by atoms with Crippen LogP contribution in [0.1, 0.15) is 18.4 Å². The summed E-state index contributed by atoms with van der Waals surface area (Å²) >= 11 is 1.99. The van der Waals surface area contributed by atoms with Crippen LogP contribution in [-0.4, -0.2) is 17.5 Å². The van der Waals surface area contributed by atoms with Crippen LogP contribution in [0.15, 0.2) is 23.0 Å². The lowest BCUT2D eigenvalue weighted by Gasteiger charge is -2.11. The van der Waals surface area contributed by atoms with Crippen molar-refractivity contribution in [2.24, 2.45) is 0 Å². The Morgan fingerprint density at radius 1 is 1.62 bits per heavy atom. The first-order valence-corrected chi connectivity index (χ1v) is 5.84. The minimum atomic E-state index is 0.559. The minimum absolute atomic E-state index is 0.559. The van der Waals surface area contributed by atoms with Crippen molar-refractivity contribution in [1.29, 1.82) is 0 Å². The zero-order chi connectivity index (χ0) is 9.15. The maximum absolute atomic E-state index is 4.99. The third kappa shape index (κ3) is 2.29. The maximum atomic E-state index is 4.99. The average Bonchev–Trinajstić information content (AvgIpc) is 2.74. The van der Waals surface area contributed by atoms with Gasteiger partial charge in [-0.05, 0) is 25.2 Å². The van der Waals surface area contributed by atoms with Gasteiger partial charge in [0.05, 0.1) is 12.5 Å². The topological polar surface area (TPSA) is 25.2 Å². The highest BCUT2D eigenvalue weighted by Gasteiger charge is 2.41. The Balaban J connectivity index is 1.70. The van der Waals surface area contributed by atoms with E-state index < -0.39 is 0 Å². The summed E-state index contributed by atoms with van der Waals surface area (Å²) in [6, 6.07) is 2.01. The van der Waals surface area contributed by atoms with E-state index in [9.17, 15) is 0 Å². The Morgan fingerprint density at radius 2 is 2.46 bits per heavy atom. The van der Waals surface area contributed by atoms with Crippen molar-refractivity contribution < 1.29 is 4.42 Å². The van der Waals surface area contributed by atoms with E-state index in [1.54, 1.807) is 12.5 Å². The van der Waals surface area contributed by atoms with Gasteiger partial charge in [0.25, 0.3) is 0 Å². The summed E-state index contributed by atoms with van der Waals surface area (Å²) in [5, 5.41) is 3.46. The van der Waals surface area contributed by atoms with Crippen LogP contribution in [-0.2, 0) is 6.54 Å². The first kappa shape index (κ1) is 9.16. The standard InChI is InChI=1S/C10H15NOS/c1-13-10(3-4-10)8-11-6-9-2-5-12-7-9/h2,5,7,11H,3-4,6,8H2,1H3. The highest BCUT2D eigenvalue weighted by molar-refractivity contribution is 8.00. The van der Waals surface area contributed by atoms with Gasteiger partial charge in [-0.2, -0.15) is 11.8 Å². The number of nitrogens with one attached hydrogen (secondary N) is 1. The highest BCUT2D eigenvalue weighted by Crippen LogP contribution is 2.46. The smallest absolute Gasteiger partial charge is 0.0947 e. The molecule has 1 saturated carbocycles. The molecule has 1 fully saturated rings. The van der Waals surface area contributed by atoms with E-state index in [2.05, 4.69) is 11.6 Å². The molecule has 1 aliphatic rings. The summed E-state index contributed by atoms with van der Waals surface area (Å²) in [4.78, 5) is 0. The second-order valence-corrected chi connectivity index (χ2v) is 4.90. The van der Waals surface area contributed by atoms with Gasteiger partial charge in [0.1, 0.15) is 0 Å². The molecule has 1 aliphatic carbocycles. The highest BCUT2D eigenvalue weighted by atomic mass is 32.2. The predicted molar refractivity (Wildman–Crippen MR) is 55.9 cm³/mol. The van der Waals surface area contributed by atoms with E-state index in [0.29, 0.717) is 4.75 Å². The van der Waals surface area contributed by atoms with Gasteiger partial charge in [-0.3, -0.25) is 0 Å². The molecule has 3 heteroatoms. The average molecular weight is 197 g/mol. The van der Waals surface area contributed by atoms with E-state index in [1.165, 1.54) is 18.4 Å². The van der Waals surface area contributed by atoms with E-state index >= 15 is 0 Å². The molecule has 1 aromatic rings. The monoisotopic (exact) mass is 197 g/mol. The van der Waals surface area contributed by atoms with E-state index in [1.807, 2.05) is 17.8 Å². The molecule has 0 saturated heterocycles. The quantitative estimate of drug-likeness (QED) is 0.784. The van der Waals surface area contributed by atoms with Crippen LogP contribution in [0.25, 0.3) is 0 Å². The zero-order valence-electron chi connectivity index (χ0n) is 7.88. The molecule has 1 heterocycles. The normalized spacial score (nSPS) is 18.8. The Labute approximate surface area is 83.1 Å². The van der Waals surface area contributed by atoms with Crippen LogP contribution in [0.5, 0.6) is 0 Å². The summed E-state index contributed by atoms with van der Waals surface area (Å²) in [7, 11) is 0. The Bertz CT molecular complexity index is 254. The molecule has 0 bridgehead atoms. The fraction of sp³-hybridized carbons (Fsp3) is 0.600. The largest absolute Gasteiger partial charge is 0.472 e. The van der Waals surface area contributed by atoms with Crippen LogP contribution in [0, 0.1) is 0 Å². The third-order valence-corrected chi connectivity index (χ3v) is 4.02. The first-order valence-electron chi connectivity index (χ1n) is 4.62. The molecule has 0 spiro atoms. The zero-order valence-corrected chi connectivity index (χ0v) is 8.69. The molecule has 1 N–H and O–H groups in total. The van der Waals surface area contributed by atoms with Crippen LogP contribution in [0.3, 0.4) is 0 Å². The lowest BCUT2D eigenvalue weighted by atomic mass is 10.3. The van der Waals surface area contributed by atoms with Crippen molar-refractivity contribution in [2.75, 3.05) is 12.8 Å². The lowest BCUT2D eigenvalue weighted by molar-refractivity contribution is 0.559. The first-order chi connectivity index (χ1) is 6.35. The number of rotatable bonds is 5. The van der Waals surface area contributed by atoms with Crippen LogP contribution >= 0.6 is 11.8 Å². The molecule has 0 aliphatic heterocycles. The Hall–Kier alpha value is -0.410. The van der Waals surface area contributed by atoms with E-state index in [-0.39, 0.29) is 0 Å². The summed E-state index contributed by atoms with van der Waals surface area (Å²) in [5.41, 5.74) is 1.23. The fourth-order valence-electron chi connectivity index (χ4n) is 1.42. The minimum Gasteiger partial charge on any atom is -0.472 e. The van der Waals surface area contributed by atoms with Gasteiger partial charge >= 0.3 is 0 Å². The lowest BCUT2D eigenvalue weighted by Crippen LogP contribution is -2.25. The van der Waals surface area contributed by atoms with Crippen molar-refractivity contribution in [1.82, 2.24) is 5.32 Å². The van der Waals surface area contributed by atoms with Gasteiger partial charge in [0, 0.05) is 23.4 Å². The van der Waals surface area contributed by atoms with Crippen molar-refractivity contribution in [3.05, 3.63) is 24.2 Å². The summed E-state index contributed by atoms with van der Waals surface area (Å²) < 4.78 is 5.55. The molecule has 0 aromatic carbocycles. The number of hydrogen-bond donors (Lipinski definition) is 1. The van der Waals surface area contributed by atoms with Gasteiger partial charge in [0.2, 0.25) is 0 Å². The van der Waals surface area contributed by atoms with Crippen molar-refractivity contribution in [3.63, 3.8) is 0 Å². The Kier molecular flexibility index (Phi) is 2.65. The van der Waals surface area contributed by atoms with E-state index in [4.69, 9.17) is 4.42 Å². The second kappa shape index (κ2) is 3.76. The van der Waals surface area contributed by atoms with Crippen molar-refractivity contribution in [3.8, 4) is 0 Å².